The molecule has 0 spiro atoms. The molecule has 0 radical (unpaired) electrons. The first-order chi connectivity index (χ1) is 15.7. The quantitative estimate of drug-likeness (QED) is 0.338. The van der Waals surface area contributed by atoms with E-state index in [9.17, 15) is 0 Å². The molecule has 5 rings (SSSR count). The summed E-state index contributed by atoms with van der Waals surface area (Å²) in [5.41, 5.74) is 10.4. The van der Waals surface area contributed by atoms with E-state index in [1.54, 1.807) is 0 Å². The van der Waals surface area contributed by atoms with Crippen molar-refractivity contribution in [1.29, 1.82) is 0 Å². The number of aromatic nitrogens is 1. The van der Waals surface area contributed by atoms with Gasteiger partial charge in [-0.25, -0.2) is 4.98 Å². The molecular weight excluding hydrogens is 388 g/mol. The second-order valence-corrected chi connectivity index (χ2v) is 8.03. The van der Waals surface area contributed by atoms with E-state index in [2.05, 4.69) is 86.3 Å². The first-order valence-corrected chi connectivity index (χ1v) is 10.9. The van der Waals surface area contributed by atoms with E-state index in [4.69, 9.17) is 9.98 Å². The molecule has 154 valence electrons. The molecule has 1 aliphatic carbocycles. The predicted molar refractivity (Wildman–Crippen MR) is 135 cm³/mol. The number of hydrogen-bond donors (Lipinski definition) is 0. The van der Waals surface area contributed by atoms with Gasteiger partial charge in [0.25, 0.3) is 0 Å². The fourth-order valence-electron chi connectivity index (χ4n) is 3.98. The summed E-state index contributed by atoms with van der Waals surface area (Å²) in [7, 11) is 0. The summed E-state index contributed by atoms with van der Waals surface area (Å²) in [4.78, 5) is 10.1. The molecule has 1 aliphatic rings. The molecule has 0 bridgehead atoms. The molecule has 0 N–H and O–H groups in total. The fourth-order valence-corrected chi connectivity index (χ4v) is 3.98. The SMILES string of the molecule is C=C(c1ccccc1)c1ccccc1N=C1CC=Cc2ccc(-c3ccc(C)cc3)nc21. The highest BCUT2D eigenvalue weighted by Crippen LogP contribution is 2.32. The first kappa shape index (κ1) is 19.9. The van der Waals surface area contributed by atoms with Crippen LogP contribution < -0.4 is 0 Å². The molecule has 0 unspecified atom stereocenters. The van der Waals surface area contributed by atoms with E-state index in [1.165, 1.54) is 5.56 Å². The molecule has 4 aromatic rings. The van der Waals surface area contributed by atoms with Crippen LogP contribution in [0, 0.1) is 6.92 Å². The van der Waals surface area contributed by atoms with Crippen LogP contribution in [-0.4, -0.2) is 10.7 Å². The predicted octanol–water partition coefficient (Wildman–Crippen LogP) is 7.66. The summed E-state index contributed by atoms with van der Waals surface area (Å²) < 4.78 is 0. The monoisotopic (exact) mass is 412 g/mol. The smallest absolute Gasteiger partial charge is 0.0927 e. The second kappa shape index (κ2) is 8.60. The molecule has 32 heavy (non-hydrogen) atoms. The van der Waals surface area contributed by atoms with E-state index in [1.807, 2.05) is 30.3 Å². The third-order valence-corrected chi connectivity index (χ3v) is 5.76. The molecule has 1 aromatic heterocycles. The number of aryl methyl sites for hydroxylation is 1. The summed E-state index contributed by atoms with van der Waals surface area (Å²) >= 11 is 0. The Kier molecular flexibility index (Phi) is 5.35. The normalized spacial score (nSPS) is 13.7. The average Bonchev–Trinajstić information content (AvgIpc) is 2.85. The number of para-hydroxylation sites is 1. The summed E-state index contributed by atoms with van der Waals surface area (Å²) in [6.45, 7) is 6.45. The van der Waals surface area contributed by atoms with E-state index in [0.29, 0.717) is 0 Å². The van der Waals surface area contributed by atoms with E-state index in [0.717, 1.165) is 57.0 Å². The zero-order chi connectivity index (χ0) is 21.9. The highest BCUT2D eigenvalue weighted by Gasteiger charge is 2.16. The molecule has 2 nitrogen and oxygen atoms in total. The number of fused-ring (bicyclic) bond motifs is 1. The van der Waals surface area contributed by atoms with Gasteiger partial charge in [0.1, 0.15) is 0 Å². The van der Waals surface area contributed by atoms with Crippen molar-refractivity contribution >= 4 is 23.0 Å². The van der Waals surface area contributed by atoms with Gasteiger partial charge in [0.2, 0.25) is 0 Å². The van der Waals surface area contributed by atoms with Crippen LogP contribution in [0.4, 0.5) is 5.69 Å². The summed E-state index contributed by atoms with van der Waals surface area (Å²) in [6.07, 6.45) is 5.04. The Morgan fingerprint density at radius 3 is 2.41 bits per heavy atom. The maximum atomic E-state index is 5.10. The first-order valence-electron chi connectivity index (χ1n) is 10.9. The van der Waals surface area contributed by atoms with Crippen molar-refractivity contribution in [2.45, 2.75) is 13.3 Å². The summed E-state index contributed by atoms with van der Waals surface area (Å²) in [6, 6.07) is 31.2. The third kappa shape index (κ3) is 3.95. The Balaban J connectivity index is 1.57. The number of benzene rings is 3. The van der Waals surface area contributed by atoms with Crippen molar-refractivity contribution in [3.8, 4) is 11.3 Å². The highest BCUT2D eigenvalue weighted by atomic mass is 14.8. The van der Waals surface area contributed by atoms with Gasteiger partial charge < -0.3 is 0 Å². The van der Waals surface area contributed by atoms with Crippen LogP contribution >= 0.6 is 0 Å². The van der Waals surface area contributed by atoms with Crippen LogP contribution in [-0.2, 0) is 0 Å². The van der Waals surface area contributed by atoms with Crippen molar-refractivity contribution in [2.75, 3.05) is 0 Å². The summed E-state index contributed by atoms with van der Waals surface area (Å²) in [5.74, 6) is 0. The van der Waals surface area contributed by atoms with Gasteiger partial charge in [0, 0.05) is 23.1 Å². The zero-order valence-corrected chi connectivity index (χ0v) is 18.1. The van der Waals surface area contributed by atoms with Crippen molar-refractivity contribution in [2.24, 2.45) is 4.99 Å². The van der Waals surface area contributed by atoms with Crippen LogP contribution in [0.2, 0.25) is 0 Å². The number of nitrogens with zero attached hydrogens (tertiary/aromatic N) is 2. The van der Waals surface area contributed by atoms with Gasteiger partial charge in [0.15, 0.2) is 0 Å². The minimum atomic E-state index is 0.753. The fraction of sp³-hybridized carbons (Fsp3) is 0.0667. The van der Waals surface area contributed by atoms with Crippen LogP contribution in [0.3, 0.4) is 0 Å². The van der Waals surface area contributed by atoms with Gasteiger partial charge in [0.05, 0.1) is 22.8 Å². The summed E-state index contributed by atoms with van der Waals surface area (Å²) in [5, 5.41) is 0. The molecule has 1 heterocycles. The van der Waals surface area contributed by atoms with E-state index < -0.39 is 0 Å². The van der Waals surface area contributed by atoms with Gasteiger partial charge >= 0.3 is 0 Å². The second-order valence-electron chi connectivity index (χ2n) is 8.03. The molecule has 0 amide bonds. The lowest BCUT2D eigenvalue weighted by atomic mass is 9.97. The van der Waals surface area contributed by atoms with Crippen molar-refractivity contribution < 1.29 is 0 Å². The lowest BCUT2D eigenvalue weighted by Crippen LogP contribution is -2.09. The van der Waals surface area contributed by atoms with Crippen LogP contribution in [0.1, 0.15) is 34.4 Å². The van der Waals surface area contributed by atoms with Gasteiger partial charge in [-0.15, -0.1) is 0 Å². The van der Waals surface area contributed by atoms with Crippen molar-refractivity contribution in [3.05, 3.63) is 132 Å². The number of aliphatic imine (C=N–C) groups is 1. The van der Waals surface area contributed by atoms with Gasteiger partial charge in [-0.05, 0) is 30.2 Å². The molecular formula is C30H24N2. The minimum Gasteiger partial charge on any atom is -0.250 e. The Hall–Kier alpha value is -4.04. The topological polar surface area (TPSA) is 25.2 Å². The Morgan fingerprint density at radius 2 is 1.59 bits per heavy atom. The van der Waals surface area contributed by atoms with Crippen LogP contribution in [0.5, 0.6) is 0 Å². The minimum absolute atomic E-state index is 0.753. The van der Waals surface area contributed by atoms with Crippen LogP contribution in [0.15, 0.2) is 109 Å². The Bertz CT molecular complexity index is 1340. The molecule has 0 saturated carbocycles. The molecule has 0 atom stereocenters. The molecule has 0 fully saturated rings. The van der Waals surface area contributed by atoms with Crippen molar-refractivity contribution in [1.82, 2.24) is 4.98 Å². The van der Waals surface area contributed by atoms with Crippen LogP contribution in [0.25, 0.3) is 22.9 Å². The van der Waals surface area contributed by atoms with Gasteiger partial charge in [-0.1, -0.05) is 103 Å². The zero-order valence-electron chi connectivity index (χ0n) is 18.1. The maximum absolute atomic E-state index is 5.10. The Labute approximate surface area is 189 Å². The van der Waals surface area contributed by atoms with Gasteiger partial charge in [-0.2, -0.15) is 0 Å². The molecule has 3 aromatic carbocycles. The van der Waals surface area contributed by atoms with Crippen molar-refractivity contribution in [3.63, 3.8) is 0 Å². The largest absolute Gasteiger partial charge is 0.250 e. The molecule has 0 aliphatic heterocycles. The third-order valence-electron chi connectivity index (χ3n) is 5.76. The number of hydrogen-bond acceptors (Lipinski definition) is 2. The number of pyridine rings is 1. The lowest BCUT2D eigenvalue weighted by molar-refractivity contribution is 1.23. The maximum Gasteiger partial charge on any atom is 0.0927 e. The highest BCUT2D eigenvalue weighted by molar-refractivity contribution is 6.07. The molecule has 2 heteroatoms. The van der Waals surface area contributed by atoms with E-state index in [-0.39, 0.29) is 0 Å². The molecule has 0 saturated heterocycles. The lowest BCUT2D eigenvalue weighted by Gasteiger charge is -2.16. The van der Waals surface area contributed by atoms with Gasteiger partial charge in [-0.3, -0.25) is 4.99 Å². The number of rotatable bonds is 4. The standard InChI is InChI=1S/C30H24N2/c1-21-15-17-24(18-16-21)27-20-19-25-11-8-14-29(30(25)32-27)31-28-13-7-6-12-26(28)22(2)23-9-4-3-5-10-23/h3-13,15-20H,2,14H2,1H3. The Morgan fingerprint density at radius 1 is 0.844 bits per heavy atom. The number of allylic oxidation sites excluding steroid dienone is 1. The van der Waals surface area contributed by atoms with E-state index >= 15 is 0 Å². The average molecular weight is 413 g/mol.